The zero-order chi connectivity index (χ0) is 21.6. The number of carbonyl (C=O) groups excluding carboxylic acids is 1. The van der Waals surface area contributed by atoms with Gasteiger partial charge in [0, 0.05) is 38.6 Å². The van der Waals surface area contributed by atoms with Crippen molar-refractivity contribution in [2.24, 2.45) is 10.9 Å². The van der Waals surface area contributed by atoms with Crippen molar-refractivity contribution in [3.63, 3.8) is 0 Å². The van der Waals surface area contributed by atoms with Crippen LogP contribution < -0.4 is 10.6 Å². The van der Waals surface area contributed by atoms with E-state index in [-0.39, 0.29) is 6.09 Å². The number of aliphatic imine (C=N–C) groups is 1. The van der Waals surface area contributed by atoms with Crippen LogP contribution in [0.3, 0.4) is 0 Å². The van der Waals surface area contributed by atoms with Gasteiger partial charge in [-0.1, -0.05) is 0 Å². The van der Waals surface area contributed by atoms with Crippen LogP contribution in [0.25, 0.3) is 0 Å². The van der Waals surface area contributed by atoms with Gasteiger partial charge in [-0.2, -0.15) is 5.10 Å². The van der Waals surface area contributed by atoms with E-state index in [0.717, 1.165) is 76.6 Å². The van der Waals surface area contributed by atoms with Crippen molar-refractivity contribution in [1.29, 1.82) is 0 Å². The third-order valence-corrected chi connectivity index (χ3v) is 5.47. The fourth-order valence-corrected chi connectivity index (χ4v) is 4.02. The van der Waals surface area contributed by atoms with Crippen molar-refractivity contribution < 1.29 is 9.53 Å². The summed E-state index contributed by atoms with van der Waals surface area (Å²) in [5, 5.41) is 11.2. The Morgan fingerprint density at radius 2 is 2.17 bits per heavy atom. The largest absolute Gasteiger partial charge is 0.444 e. The maximum Gasteiger partial charge on any atom is 0.410 e. The molecule has 1 fully saturated rings. The summed E-state index contributed by atoms with van der Waals surface area (Å²) in [4.78, 5) is 23.3. The van der Waals surface area contributed by atoms with Crippen LogP contribution in [0.15, 0.2) is 11.3 Å². The Hall–Kier alpha value is -2.32. The van der Waals surface area contributed by atoms with Crippen LogP contribution in [0, 0.1) is 5.92 Å². The molecule has 2 aliphatic heterocycles. The molecule has 3 heterocycles. The van der Waals surface area contributed by atoms with Gasteiger partial charge in [-0.25, -0.2) is 14.5 Å². The molecule has 0 spiro atoms. The van der Waals surface area contributed by atoms with Crippen molar-refractivity contribution in [3.05, 3.63) is 12.2 Å². The standard InChI is InChI=1S/C21H37N7O2/c1-5-22-19(26-17-8-9-18-24-15-25-28(18)14-17)23-11-10-16-7-6-12-27(13-16)20(29)30-21(2,3)4/h15-17H,5-14H2,1-4H3,(H2,22,23,26). The van der Waals surface area contributed by atoms with Crippen molar-refractivity contribution in [2.75, 3.05) is 26.2 Å². The minimum Gasteiger partial charge on any atom is -0.444 e. The molecule has 0 aromatic carbocycles. The number of hydrogen-bond acceptors (Lipinski definition) is 5. The molecule has 2 atom stereocenters. The molecule has 2 aliphatic rings. The monoisotopic (exact) mass is 419 g/mol. The van der Waals surface area contributed by atoms with Crippen molar-refractivity contribution in [3.8, 4) is 0 Å². The lowest BCUT2D eigenvalue weighted by atomic mass is 9.95. The zero-order valence-corrected chi connectivity index (χ0v) is 18.9. The highest BCUT2D eigenvalue weighted by Gasteiger charge is 2.27. The third kappa shape index (κ3) is 6.60. The van der Waals surface area contributed by atoms with Gasteiger partial charge in [0.2, 0.25) is 0 Å². The van der Waals surface area contributed by atoms with Crippen LogP contribution in [0.2, 0.25) is 0 Å². The summed E-state index contributed by atoms with van der Waals surface area (Å²) in [5.74, 6) is 2.37. The Bertz CT molecular complexity index is 725. The predicted octanol–water partition coefficient (Wildman–Crippen LogP) is 2.19. The van der Waals surface area contributed by atoms with Crippen LogP contribution >= 0.6 is 0 Å². The minimum atomic E-state index is -0.452. The number of fused-ring (bicyclic) bond motifs is 1. The number of amides is 1. The first-order valence-corrected chi connectivity index (χ1v) is 11.2. The fraction of sp³-hybridized carbons (Fsp3) is 0.810. The summed E-state index contributed by atoms with van der Waals surface area (Å²) in [5.41, 5.74) is -0.452. The van der Waals surface area contributed by atoms with Gasteiger partial charge in [-0.15, -0.1) is 0 Å². The summed E-state index contributed by atoms with van der Waals surface area (Å²) >= 11 is 0. The normalized spacial score (nSPS) is 22.4. The average Bonchev–Trinajstić information content (AvgIpc) is 3.15. The van der Waals surface area contributed by atoms with E-state index >= 15 is 0 Å². The molecule has 2 N–H and O–H groups in total. The molecule has 0 bridgehead atoms. The molecule has 30 heavy (non-hydrogen) atoms. The van der Waals surface area contributed by atoms with Crippen LogP contribution in [0.4, 0.5) is 4.79 Å². The molecule has 9 heteroatoms. The maximum absolute atomic E-state index is 12.4. The smallest absolute Gasteiger partial charge is 0.410 e. The van der Waals surface area contributed by atoms with E-state index in [2.05, 4.69) is 27.6 Å². The van der Waals surface area contributed by atoms with Gasteiger partial charge in [0.1, 0.15) is 17.8 Å². The lowest BCUT2D eigenvalue weighted by Crippen LogP contribution is -2.47. The lowest BCUT2D eigenvalue weighted by Gasteiger charge is -2.34. The number of ether oxygens (including phenoxy) is 1. The summed E-state index contributed by atoms with van der Waals surface area (Å²) in [6.45, 7) is 11.7. The number of piperidine rings is 1. The number of rotatable bonds is 5. The lowest BCUT2D eigenvalue weighted by molar-refractivity contribution is 0.0163. The van der Waals surface area contributed by atoms with E-state index in [4.69, 9.17) is 9.73 Å². The number of guanidine groups is 1. The fourth-order valence-electron chi connectivity index (χ4n) is 4.02. The Morgan fingerprint density at radius 1 is 1.33 bits per heavy atom. The Morgan fingerprint density at radius 3 is 2.93 bits per heavy atom. The third-order valence-electron chi connectivity index (χ3n) is 5.47. The van der Waals surface area contributed by atoms with Gasteiger partial charge in [0.15, 0.2) is 5.96 Å². The molecule has 9 nitrogen and oxygen atoms in total. The summed E-state index contributed by atoms with van der Waals surface area (Å²) in [6, 6.07) is 0.300. The van der Waals surface area contributed by atoms with E-state index in [1.54, 1.807) is 6.33 Å². The van der Waals surface area contributed by atoms with Crippen LogP contribution in [0.1, 0.15) is 59.2 Å². The summed E-state index contributed by atoms with van der Waals surface area (Å²) in [7, 11) is 0. The second-order valence-corrected chi connectivity index (χ2v) is 9.22. The topological polar surface area (TPSA) is 96.7 Å². The Balaban J connectivity index is 1.47. The Kier molecular flexibility index (Phi) is 7.55. The maximum atomic E-state index is 12.4. The highest BCUT2D eigenvalue weighted by Crippen LogP contribution is 2.21. The van der Waals surface area contributed by atoms with Gasteiger partial charge < -0.3 is 20.3 Å². The van der Waals surface area contributed by atoms with E-state index in [1.807, 2.05) is 30.4 Å². The molecule has 1 aromatic heterocycles. The minimum absolute atomic E-state index is 0.199. The van der Waals surface area contributed by atoms with Gasteiger partial charge in [-0.3, -0.25) is 4.99 Å². The molecule has 0 saturated carbocycles. The number of nitrogens with one attached hydrogen (secondary N) is 2. The number of hydrogen-bond donors (Lipinski definition) is 2. The molecule has 168 valence electrons. The molecule has 3 rings (SSSR count). The van der Waals surface area contributed by atoms with E-state index in [1.165, 1.54) is 0 Å². The SMILES string of the molecule is CCNC(=NCCC1CCCN(C(=O)OC(C)(C)C)C1)NC1CCc2ncnn2C1. The van der Waals surface area contributed by atoms with E-state index in [9.17, 15) is 4.79 Å². The molecule has 1 saturated heterocycles. The zero-order valence-electron chi connectivity index (χ0n) is 18.9. The quantitative estimate of drug-likeness (QED) is 0.561. The van der Waals surface area contributed by atoms with Crippen molar-refractivity contribution >= 4 is 12.1 Å². The van der Waals surface area contributed by atoms with Gasteiger partial charge in [0.25, 0.3) is 0 Å². The molecular formula is C21H37N7O2. The second kappa shape index (κ2) is 10.1. The second-order valence-electron chi connectivity index (χ2n) is 9.22. The number of aromatic nitrogens is 3. The van der Waals surface area contributed by atoms with E-state index in [0.29, 0.717) is 12.0 Å². The van der Waals surface area contributed by atoms with Gasteiger partial charge >= 0.3 is 6.09 Å². The first-order valence-electron chi connectivity index (χ1n) is 11.2. The number of nitrogens with zero attached hydrogens (tertiary/aromatic N) is 5. The average molecular weight is 420 g/mol. The van der Waals surface area contributed by atoms with Crippen LogP contribution in [-0.4, -0.2) is 69.5 Å². The molecule has 0 radical (unpaired) electrons. The molecule has 1 amide bonds. The van der Waals surface area contributed by atoms with Crippen molar-refractivity contribution in [2.45, 2.75) is 78.0 Å². The number of carbonyl (C=O) groups is 1. The molecule has 1 aromatic rings. The van der Waals surface area contributed by atoms with Gasteiger partial charge in [-0.05, 0) is 59.3 Å². The van der Waals surface area contributed by atoms with Crippen LogP contribution in [0.5, 0.6) is 0 Å². The molecule has 0 aliphatic carbocycles. The number of likely N-dealkylation sites (tertiary alicyclic amines) is 1. The molecule has 2 unspecified atom stereocenters. The van der Waals surface area contributed by atoms with Crippen LogP contribution in [-0.2, 0) is 17.7 Å². The van der Waals surface area contributed by atoms with E-state index < -0.39 is 5.60 Å². The first-order chi connectivity index (χ1) is 14.3. The predicted molar refractivity (Wildman–Crippen MR) is 116 cm³/mol. The van der Waals surface area contributed by atoms with Crippen molar-refractivity contribution in [1.82, 2.24) is 30.3 Å². The highest BCUT2D eigenvalue weighted by molar-refractivity contribution is 5.80. The first kappa shape index (κ1) is 22.4. The van der Waals surface area contributed by atoms with Gasteiger partial charge in [0.05, 0.1) is 6.54 Å². The summed E-state index contributed by atoms with van der Waals surface area (Å²) < 4.78 is 7.50. The number of aryl methyl sites for hydroxylation is 1. The Labute approximate surface area is 179 Å². The highest BCUT2D eigenvalue weighted by atomic mass is 16.6. The summed E-state index contributed by atoms with van der Waals surface area (Å²) in [6.07, 6.45) is 6.51. The molecular weight excluding hydrogens is 382 g/mol.